The van der Waals surface area contributed by atoms with Crippen molar-refractivity contribution in [2.24, 2.45) is 21.1 Å². The van der Waals surface area contributed by atoms with Crippen molar-refractivity contribution in [3.05, 3.63) is 389 Å². The van der Waals surface area contributed by atoms with Crippen LogP contribution in [-0.4, -0.2) is 89.6 Å². The van der Waals surface area contributed by atoms with Gasteiger partial charge in [0.1, 0.15) is 5.69 Å². The van der Waals surface area contributed by atoms with Gasteiger partial charge in [-0.1, -0.05) is 139 Å². The number of carbonyl (C=O) groups is 3. The molecule has 594 valence electrons. The number of hydrogen-bond acceptors (Lipinski definition) is 12. The summed E-state index contributed by atoms with van der Waals surface area (Å²) in [5.74, 6) is 18.1. The second-order valence-corrected chi connectivity index (χ2v) is 29.3. The van der Waals surface area contributed by atoms with E-state index in [9.17, 15) is 28.8 Å². The van der Waals surface area contributed by atoms with Crippen LogP contribution >= 0.6 is 0 Å². The van der Waals surface area contributed by atoms with Crippen molar-refractivity contribution < 1.29 is 14.4 Å². The fraction of sp³-hybridized carbons (Fsp3) is 0.134. The SMILES string of the molecule is Cc1nn2ccccc2c1C(=O)N[C@@H](C)c1cc2cccc(C#Cc3ccn(C)n3)c2c(=O)n1-c1ccccc1.Cc1nn2ccccc2c1C(=O)N[C@@H](C)c1cc2cccc(C#Cc3cnn(C)c3)c2c(=O)n1-c1ccccc1.Cc1nn2ccccc2c1C(=O)N[C@@H](C)c1cc2cccc(C#Cc3cnn(C)c3C)c2c(=O)n1-c1ccccc1. The van der Waals surface area contributed by atoms with Gasteiger partial charge in [-0.2, -0.15) is 30.6 Å². The summed E-state index contributed by atoms with van der Waals surface area (Å²) in [5, 5.41) is 39.3. The molecule has 24 heteroatoms. The van der Waals surface area contributed by atoms with Crippen LogP contribution in [0.15, 0.2) is 282 Å². The number of amides is 3. The zero-order valence-electron chi connectivity index (χ0n) is 67.8. The summed E-state index contributed by atoms with van der Waals surface area (Å²) in [6, 6.07) is 68.2. The van der Waals surface area contributed by atoms with Crippen molar-refractivity contribution in [1.29, 1.82) is 0 Å². The van der Waals surface area contributed by atoms with E-state index in [4.69, 9.17) is 0 Å². The first-order chi connectivity index (χ1) is 58.6. The minimum Gasteiger partial charge on any atom is -0.344 e. The van der Waals surface area contributed by atoms with Crippen molar-refractivity contribution >= 4 is 66.6 Å². The standard InChI is InChI=1S/C33H28N6O2.2C32H26N6O2/c1-21(35-32(40)30-22(2)36-38-18-9-8-15-28(30)38)29-19-25-12-10-11-24(16-17-26-20-34-37(4)23(26)3)31(25)33(41)39(29)27-13-6-5-7-14-27;1-21(33-31(39)29-22(2)34-37-18-8-7-14-27(29)37)28-20-24-11-9-10-23(15-16-25-17-19-36(3)35-25)30(24)32(40)38(28)26-12-5-4-6-13-26;1-21(34-31(39)29-22(2)35-37-17-8-7-14-27(29)37)28-18-25-11-9-10-24(16-15-23-19-33-36(3)20-23)30(25)32(40)38(28)26-12-5-4-6-13-26/h5-15,18-21H,1-4H3,(H,35,40);4-14,17-21H,1-3H3,(H,33,39);4-14,17-21H,1-3H3,(H,34,39)/t3*21-/m000/s1. The van der Waals surface area contributed by atoms with Gasteiger partial charge in [-0.25, -0.2) is 13.5 Å². The molecule has 18 aromatic rings. The van der Waals surface area contributed by atoms with Gasteiger partial charge in [-0.3, -0.25) is 56.5 Å². The van der Waals surface area contributed by atoms with E-state index in [2.05, 4.69) is 82.1 Å². The normalized spacial score (nSPS) is 11.8. The first-order valence-electron chi connectivity index (χ1n) is 39.1. The molecule has 0 radical (unpaired) electrons. The monoisotopic (exact) mass is 1590 g/mol. The van der Waals surface area contributed by atoms with Crippen LogP contribution in [0.5, 0.6) is 0 Å². The second kappa shape index (κ2) is 33.5. The molecule has 0 aliphatic carbocycles. The molecule has 12 aromatic heterocycles. The molecule has 0 unspecified atom stereocenters. The highest BCUT2D eigenvalue weighted by Crippen LogP contribution is 2.30. The van der Waals surface area contributed by atoms with Crippen LogP contribution in [-0.2, 0) is 21.1 Å². The van der Waals surface area contributed by atoms with E-state index in [-0.39, 0.29) is 34.4 Å². The smallest absolute Gasteiger partial charge is 0.264 e. The van der Waals surface area contributed by atoms with Gasteiger partial charge in [0, 0.05) is 103 Å². The van der Waals surface area contributed by atoms with Crippen LogP contribution < -0.4 is 32.6 Å². The lowest BCUT2D eigenvalue weighted by molar-refractivity contribution is 0.0931. The van der Waals surface area contributed by atoms with Gasteiger partial charge >= 0.3 is 0 Å². The molecule has 0 saturated carbocycles. The van der Waals surface area contributed by atoms with E-state index in [0.29, 0.717) is 106 Å². The Kier molecular flexibility index (Phi) is 21.8. The number of nitrogens with zero attached hydrogens (tertiary/aromatic N) is 15. The van der Waals surface area contributed by atoms with E-state index in [1.165, 1.54) is 0 Å². The highest BCUT2D eigenvalue weighted by atomic mass is 16.2. The highest BCUT2D eigenvalue weighted by Gasteiger charge is 2.28. The predicted molar refractivity (Wildman–Crippen MR) is 468 cm³/mol. The van der Waals surface area contributed by atoms with Gasteiger partial charge in [0.05, 0.1) is 114 Å². The van der Waals surface area contributed by atoms with E-state index < -0.39 is 18.1 Å². The molecule has 0 aliphatic rings. The second-order valence-electron chi connectivity index (χ2n) is 29.3. The maximum Gasteiger partial charge on any atom is 0.264 e. The molecule has 0 spiro atoms. The highest BCUT2D eigenvalue weighted by molar-refractivity contribution is 6.04. The lowest BCUT2D eigenvalue weighted by Crippen LogP contribution is -2.32. The Morgan fingerprint density at radius 3 is 1.05 bits per heavy atom. The van der Waals surface area contributed by atoms with Crippen molar-refractivity contribution in [1.82, 2.24) is 87.8 Å². The summed E-state index contributed by atoms with van der Waals surface area (Å²) < 4.78 is 15.2. The fourth-order valence-corrected chi connectivity index (χ4v) is 15.2. The van der Waals surface area contributed by atoms with Gasteiger partial charge in [-0.15, -0.1) is 0 Å². The minimum atomic E-state index is -0.495. The zero-order valence-corrected chi connectivity index (χ0v) is 67.8. The third-order valence-electron chi connectivity index (χ3n) is 21.1. The van der Waals surface area contributed by atoms with Gasteiger partial charge in [0.25, 0.3) is 34.4 Å². The van der Waals surface area contributed by atoms with E-state index in [1.807, 2.05) is 325 Å². The molecular formula is C97H80N18O6. The molecule has 0 aliphatic heterocycles. The number of pyridine rings is 6. The quantitative estimate of drug-likeness (QED) is 0.0965. The van der Waals surface area contributed by atoms with Gasteiger partial charge < -0.3 is 16.0 Å². The molecule has 121 heavy (non-hydrogen) atoms. The average Bonchev–Trinajstić information content (AvgIpc) is 1.62. The Morgan fingerprint density at radius 2 is 0.711 bits per heavy atom. The topological polar surface area (TPSA) is 259 Å². The average molecular weight is 1590 g/mol. The Bertz CT molecular complexity index is 7230. The van der Waals surface area contributed by atoms with Crippen molar-refractivity contribution in [3.63, 3.8) is 0 Å². The summed E-state index contributed by atoms with van der Waals surface area (Å²) in [6.07, 6.45) is 12.5. The maximum atomic E-state index is 14.3. The molecule has 0 fully saturated rings. The summed E-state index contributed by atoms with van der Waals surface area (Å²) in [6.45, 7) is 13.0. The lowest BCUT2D eigenvalue weighted by Gasteiger charge is -2.21. The van der Waals surface area contributed by atoms with Crippen LogP contribution in [0, 0.1) is 63.2 Å². The Hall–Kier alpha value is -16.3. The Morgan fingerprint density at radius 1 is 0.355 bits per heavy atom. The van der Waals surface area contributed by atoms with E-state index in [1.54, 1.807) is 53.7 Å². The van der Waals surface area contributed by atoms with Crippen LogP contribution in [0.1, 0.15) is 143 Å². The number of aromatic nitrogens is 15. The Balaban J connectivity index is 0.000000135. The summed E-state index contributed by atoms with van der Waals surface area (Å²) in [5.41, 5.74) is 14.1. The molecule has 3 atom stereocenters. The summed E-state index contributed by atoms with van der Waals surface area (Å²) >= 11 is 0. The summed E-state index contributed by atoms with van der Waals surface area (Å²) in [7, 11) is 5.54. The number of nitrogens with one attached hydrogen (secondary N) is 3. The largest absolute Gasteiger partial charge is 0.344 e. The molecule has 6 aromatic carbocycles. The lowest BCUT2D eigenvalue weighted by atomic mass is 10.0. The third-order valence-corrected chi connectivity index (χ3v) is 21.1. The number of aryl methyl sites for hydroxylation is 6. The first kappa shape index (κ1) is 78.6. The third kappa shape index (κ3) is 15.8. The van der Waals surface area contributed by atoms with Crippen LogP contribution in [0.4, 0.5) is 0 Å². The molecule has 12 heterocycles. The molecule has 0 saturated heterocycles. The van der Waals surface area contributed by atoms with Crippen molar-refractivity contribution in [3.8, 4) is 52.6 Å². The van der Waals surface area contributed by atoms with E-state index >= 15 is 0 Å². The number of fused-ring (bicyclic) bond motifs is 6. The minimum absolute atomic E-state index is 0.204. The van der Waals surface area contributed by atoms with Crippen molar-refractivity contribution in [2.75, 3.05) is 0 Å². The van der Waals surface area contributed by atoms with E-state index in [0.717, 1.165) is 49.5 Å². The molecule has 3 N–H and O–H groups in total. The summed E-state index contributed by atoms with van der Waals surface area (Å²) in [4.78, 5) is 83.2. The Labute approximate surface area is 694 Å². The van der Waals surface area contributed by atoms with Gasteiger partial charge in [-0.05, 0) is 186 Å². The number of hydrogen-bond donors (Lipinski definition) is 3. The van der Waals surface area contributed by atoms with Gasteiger partial charge in [0.2, 0.25) is 0 Å². The van der Waals surface area contributed by atoms with Gasteiger partial charge in [0.15, 0.2) is 0 Å². The predicted octanol–water partition coefficient (Wildman–Crippen LogP) is 14.0. The van der Waals surface area contributed by atoms with Crippen LogP contribution in [0.2, 0.25) is 0 Å². The first-order valence-corrected chi connectivity index (χ1v) is 39.1. The van der Waals surface area contributed by atoms with Crippen LogP contribution in [0.25, 0.3) is 65.9 Å². The zero-order chi connectivity index (χ0) is 84.3. The molecule has 3 amide bonds. The number of carbonyl (C=O) groups excluding carboxylic acids is 3. The number of benzene rings is 6. The molecule has 18 rings (SSSR count). The molecule has 24 nitrogen and oxygen atoms in total. The fourth-order valence-electron chi connectivity index (χ4n) is 15.2. The molecule has 0 bridgehead atoms. The molecular weight excluding hydrogens is 1510 g/mol. The van der Waals surface area contributed by atoms with Crippen molar-refractivity contribution in [2.45, 2.75) is 66.6 Å². The number of para-hydroxylation sites is 3. The number of rotatable bonds is 12. The van der Waals surface area contributed by atoms with Crippen LogP contribution in [0.3, 0.4) is 0 Å². The maximum absolute atomic E-state index is 14.3.